The summed E-state index contributed by atoms with van der Waals surface area (Å²) in [6.45, 7) is 3.29. The molecule has 8 nitrogen and oxygen atoms in total. The number of nitrogens with one attached hydrogen (secondary N) is 2. The monoisotopic (exact) mass is 526 g/mol. The molecule has 1 aromatic rings. The maximum Gasteiger partial charge on any atom is 0.410 e. The molecule has 5 atom stereocenters. The second-order valence-corrected chi connectivity index (χ2v) is 11.1. The first-order chi connectivity index (χ1) is 17.8. The minimum absolute atomic E-state index is 0.00637. The third kappa shape index (κ3) is 6.45. The van der Waals surface area contributed by atoms with Gasteiger partial charge in [0.2, 0.25) is 11.8 Å². The van der Waals surface area contributed by atoms with E-state index in [0.717, 1.165) is 37.7 Å². The van der Waals surface area contributed by atoms with Crippen LogP contribution in [0.1, 0.15) is 57.4 Å². The molecule has 9 heteroatoms. The number of carbonyl (C=O) groups excluding carboxylic acids is 3. The Morgan fingerprint density at radius 1 is 1.35 bits per heavy atom. The molecule has 0 aromatic heterocycles. The van der Waals surface area contributed by atoms with Crippen LogP contribution >= 0.6 is 11.6 Å². The lowest BCUT2D eigenvalue weighted by molar-refractivity contribution is -0.129. The van der Waals surface area contributed by atoms with Crippen molar-refractivity contribution >= 4 is 35.6 Å². The Bertz CT molecular complexity index is 1090. The first-order valence-corrected chi connectivity index (χ1v) is 13.5. The lowest BCUT2D eigenvalue weighted by Crippen LogP contribution is -2.52. The van der Waals surface area contributed by atoms with Gasteiger partial charge in [-0.2, -0.15) is 5.26 Å². The molecule has 0 spiro atoms. The molecule has 4 rings (SSSR count). The van der Waals surface area contributed by atoms with Crippen molar-refractivity contribution in [1.29, 1.82) is 5.26 Å². The zero-order valence-corrected chi connectivity index (χ0v) is 22.0. The smallest absolute Gasteiger partial charge is 0.410 e. The fourth-order valence-electron chi connectivity index (χ4n) is 6.11. The fourth-order valence-corrected chi connectivity index (χ4v) is 6.31. The van der Waals surface area contributed by atoms with Gasteiger partial charge in [-0.1, -0.05) is 49.6 Å². The molecule has 2 heterocycles. The molecule has 3 fully saturated rings. The molecule has 2 N–H and O–H groups in total. The number of likely N-dealkylation sites (tertiary alicyclic amines) is 1. The predicted molar refractivity (Wildman–Crippen MR) is 140 cm³/mol. The standard InChI is InChI=1S/C28H35ClN4O4/c1-28-12-3-2-11-23(28)24(26(35)32-22(17-30)16-20-9-5-13-31-25(20)34)33(18-28)27(36)37-14-6-8-19-7-4-10-21(29)15-19/h4,6-8,10,15,20,22-24H,2-3,5,9,11-14,16,18H2,1H3,(H,31,34)(H,32,35)/b8-6+/t20-,22-,23+,24-,28-/m0/s1. The Kier molecular flexibility index (Phi) is 8.75. The molecular formula is C28H35ClN4O4. The second kappa shape index (κ2) is 12.0. The van der Waals surface area contributed by atoms with Crippen LogP contribution in [-0.4, -0.2) is 54.6 Å². The maximum atomic E-state index is 13.6. The van der Waals surface area contributed by atoms with E-state index in [1.807, 2.05) is 24.3 Å². The Balaban J connectivity index is 1.43. The minimum atomic E-state index is -0.796. The van der Waals surface area contributed by atoms with Gasteiger partial charge in [0.05, 0.1) is 6.07 Å². The van der Waals surface area contributed by atoms with Crippen LogP contribution in [-0.2, 0) is 14.3 Å². The quantitative estimate of drug-likeness (QED) is 0.550. The van der Waals surface area contributed by atoms with Gasteiger partial charge in [-0.25, -0.2) is 4.79 Å². The maximum absolute atomic E-state index is 13.6. The first kappa shape index (κ1) is 27.0. The SMILES string of the molecule is C[C@@]12CCCC[C@@H]1[C@@H](C(=O)N[C@H](C#N)C[C@@H]1CCCNC1=O)N(C(=O)OC/C=C/c1cccc(Cl)c1)C2. The van der Waals surface area contributed by atoms with E-state index in [1.54, 1.807) is 17.0 Å². The minimum Gasteiger partial charge on any atom is -0.445 e. The summed E-state index contributed by atoms with van der Waals surface area (Å²) >= 11 is 6.02. The van der Waals surface area contributed by atoms with E-state index in [1.165, 1.54) is 0 Å². The summed E-state index contributed by atoms with van der Waals surface area (Å²) in [7, 11) is 0. The van der Waals surface area contributed by atoms with Crippen LogP contribution in [0.4, 0.5) is 4.79 Å². The van der Waals surface area contributed by atoms with Crippen molar-refractivity contribution in [1.82, 2.24) is 15.5 Å². The number of fused-ring (bicyclic) bond motifs is 1. The van der Waals surface area contributed by atoms with E-state index in [2.05, 4.69) is 23.6 Å². The number of nitrogens with zero attached hydrogens (tertiary/aromatic N) is 2. The fraction of sp³-hybridized carbons (Fsp3) is 0.571. The number of halogens is 1. The van der Waals surface area contributed by atoms with E-state index >= 15 is 0 Å². The number of hydrogen-bond donors (Lipinski definition) is 2. The van der Waals surface area contributed by atoms with Gasteiger partial charge in [0.25, 0.3) is 0 Å². The summed E-state index contributed by atoms with van der Waals surface area (Å²) in [6.07, 6.45) is 8.69. The summed E-state index contributed by atoms with van der Waals surface area (Å²) in [5.74, 6) is -0.718. The lowest BCUT2D eigenvalue weighted by Gasteiger charge is -2.36. The Labute approximate surface area is 223 Å². The van der Waals surface area contributed by atoms with Crippen LogP contribution in [0.3, 0.4) is 0 Å². The molecule has 37 heavy (non-hydrogen) atoms. The number of ether oxygens (including phenoxy) is 1. The molecule has 2 aliphatic heterocycles. The average molecular weight is 527 g/mol. The number of hydrogen-bond acceptors (Lipinski definition) is 5. The van der Waals surface area contributed by atoms with E-state index in [4.69, 9.17) is 16.3 Å². The highest BCUT2D eigenvalue weighted by molar-refractivity contribution is 6.30. The highest BCUT2D eigenvalue weighted by Crippen LogP contribution is 2.50. The topological polar surface area (TPSA) is 112 Å². The number of amides is 3. The van der Waals surface area contributed by atoms with Gasteiger partial charge < -0.3 is 15.4 Å². The van der Waals surface area contributed by atoms with Crippen molar-refractivity contribution in [2.75, 3.05) is 19.7 Å². The third-order valence-electron chi connectivity index (χ3n) is 8.01. The average Bonchev–Trinajstić information content (AvgIpc) is 3.20. The van der Waals surface area contributed by atoms with Crippen molar-refractivity contribution in [3.05, 3.63) is 40.9 Å². The number of piperidine rings is 1. The van der Waals surface area contributed by atoms with Gasteiger partial charge in [-0.05, 0) is 67.2 Å². The molecule has 1 saturated carbocycles. The highest BCUT2D eigenvalue weighted by atomic mass is 35.5. The Hall–Kier alpha value is -3.05. The van der Waals surface area contributed by atoms with E-state index in [0.29, 0.717) is 24.5 Å². The van der Waals surface area contributed by atoms with Crippen LogP contribution in [0, 0.1) is 28.6 Å². The van der Waals surface area contributed by atoms with Gasteiger partial charge in [-0.3, -0.25) is 14.5 Å². The third-order valence-corrected chi connectivity index (χ3v) is 8.25. The number of benzene rings is 1. The van der Waals surface area contributed by atoms with Crippen LogP contribution < -0.4 is 10.6 Å². The molecule has 3 aliphatic rings. The van der Waals surface area contributed by atoms with E-state index in [9.17, 15) is 19.6 Å². The molecule has 2 saturated heterocycles. The number of nitriles is 1. The van der Waals surface area contributed by atoms with E-state index in [-0.39, 0.29) is 42.1 Å². The summed E-state index contributed by atoms with van der Waals surface area (Å²) in [6, 6.07) is 8.00. The van der Waals surface area contributed by atoms with Crippen molar-refractivity contribution in [2.24, 2.45) is 17.3 Å². The van der Waals surface area contributed by atoms with Crippen molar-refractivity contribution in [3.8, 4) is 6.07 Å². The van der Waals surface area contributed by atoms with Crippen LogP contribution in [0.15, 0.2) is 30.3 Å². The van der Waals surface area contributed by atoms with Crippen molar-refractivity contribution < 1.29 is 19.1 Å². The molecule has 3 amide bonds. The van der Waals surface area contributed by atoms with Gasteiger partial charge in [0.1, 0.15) is 18.7 Å². The van der Waals surface area contributed by atoms with Gasteiger partial charge in [0, 0.05) is 24.0 Å². The van der Waals surface area contributed by atoms with Crippen LogP contribution in [0.25, 0.3) is 6.08 Å². The summed E-state index contributed by atoms with van der Waals surface area (Å²) in [5.41, 5.74) is 0.719. The number of carbonyl (C=O) groups is 3. The largest absolute Gasteiger partial charge is 0.445 e. The number of rotatable bonds is 7. The van der Waals surface area contributed by atoms with Crippen LogP contribution in [0.5, 0.6) is 0 Å². The van der Waals surface area contributed by atoms with E-state index < -0.39 is 18.2 Å². The Morgan fingerprint density at radius 2 is 2.19 bits per heavy atom. The molecular weight excluding hydrogens is 492 g/mol. The van der Waals surface area contributed by atoms with Gasteiger partial charge in [-0.15, -0.1) is 0 Å². The highest BCUT2D eigenvalue weighted by Gasteiger charge is 2.55. The normalized spacial score (nSPS) is 28.2. The molecule has 1 aromatic carbocycles. The summed E-state index contributed by atoms with van der Waals surface area (Å²) in [4.78, 5) is 40.5. The summed E-state index contributed by atoms with van der Waals surface area (Å²) in [5, 5.41) is 16.0. The molecule has 0 radical (unpaired) electrons. The second-order valence-electron chi connectivity index (χ2n) is 10.7. The van der Waals surface area contributed by atoms with Crippen LogP contribution in [0.2, 0.25) is 5.02 Å². The van der Waals surface area contributed by atoms with Gasteiger partial charge >= 0.3 is 6.09 Å². The Morgan fingerprint density at radius 3 is 2.95 bits per heavy atom. The predicted octanol–water partition coefficient (Wildman–Crippen LogP) is 4.30. The summed E-state index contributed by atoms with van der Waals surface area (Å²) < 4.78 is 5.55. The van der Waals surface area contributed by atoms with Crippen molar-refractivity contribution in [2.45, 2.75) is 64.0 Å². The van der Waals surface area contributed by atoms with Crippen molar-refractivity contribution in [3.63, 3.8) is 0 Å². The van der Waals surface area contributed by atoms with Gasteiger partial charge in [0.15, 0.2) is 0 Å². The zero-order chi connectivity index (χ0) is 26.4. The molecule has 0 unspecified atom stereocenters. The zero-order valence-electron chi connectivity index (χ0n) is 21.2. The molecule has 0 bridgehead atoms. The molecule has 1 aliphatic carbocycles. The first-order valence-electron chi connectivity index (χ1n) is 13.1. The lowest BCUT2D eigenvalue weighted by atomic mass is 9.67. The molecule has 198 valence electrons.